The lowest BCUT2D eigenvalue weighted by Crippen LogP contribution is -2.54. The van der Waals surface area contributed by atoms with E-state index in [1.807, 2.05) is 0 Å². The van der Waals surface area contributed by atoms with Crippen LogP contribution in [0, 0.1) is 12.8 Å². The molecule has 0 aliphatic carbocycles. The fraction of sp³-hybridized carbons (Fsp3) is 0.500. The Bertz CT molecular complexity index is 559. The summed E-state index contributed by atoms with van der Waals surface area (Å²) in [5.74, 6) is 0.107. The fourth-order valence-electron chi connectivity index (χ4n) is 2.34. The van der Waals surface area contributed by atoms with E-state index in [9.17, 15) is 14.4 Å². The van der Waals surface area contributed by atoms with Crippen LogP contribution in [0.25, 0.3) is 0 Å². The number of nitrogens with zero attached hydrogens (tertiary/aromatic N) is 3. The van der Waals surface area contributed by atoms with Gasteiger partial charge in [-0.15, -0.1) is 0 Å². The lowest BCUT2D eigenvalue weighted by molar-refractivity contribution is -0.126. The Morgan fingerprint density at radius 3 is 2.75 bits per heavy atom. The molecule has 0 aromatic carbocycles. The van der Waals surface area contributed by atoms with Gasteiger partial charge in [0.15, 0.2) is 6.61 Å². The van der Waals surface area contributed by atoms with Crippen LogP contribution in [0.2, 0.25) is 0 Å². The highest BCUT2D eigenvalue weighted by molar-refractivity contribution is 5.98. The molecule has 3 heterocycles. The third-order valence-corrected chi connectivity index (χ3v) is 3.51. The molecule has 1 aromatic heterocycles. The first kappa shape index (κ1) is 12.6. The van der Waals surface area contributed by atoms with Gasteiger partial charge in [-0.05, 0) is 6.92 Å². The Morgan fingerprint density at radius 1 is 1.45 bits per heavy atom. The van der Waals surface area contributed by atoms with Gasteiger partial charge in [-0.1, -0.05) is 5.16 Å². The molecule has 0 saturated carbocycles. The number of hydrogen-bond acceptors (Lipinski definition) is 6. The molecule has 20 heavy (non-hydrogen) atoms. The summed E-state index contributed by atoms with van der Waals surface area (Å²) in [7, 11) is 0. The summed E-state index contributed by atoms with van der Waals surface area (Å²) in [5, 5.41) is 3.57. The first-order valence-corrected chi connectivity index (χ1v) is 6.24. The second kappa shape index (κ2) is 4.62. The first-order chi connectivity index (χ1) is 9.56. The van der Waals surface area contributed by atoms with Crippen molar-refractivity contribution < 1.29 is 23.6 Å². The van der Waals surface area contributed by atoms with E-state index in [1.165, 1.54) is 6.20 Å². The maximum atomic E-state index is 12.1. The average molecular weight is 279 g/mol. The largest absolute Gasteiger partial charge is 0.439 e. The molecule has 3 rings (SSSR count). The summed E-state index contributed by atoms with van der Waals surface area (Å²) >= 11 is 0. The summed E-state index contributed by atoms with van der Waals surface area (Å²) in [5.41, 5.74) is 0.445. The molecule has 0 spiro atoms. The molecular formula is C12H13N3O5. The van der Waals surface area contributed by atoms with E-state index in [1.54, 1.807) is 11.8 Å². The number of likely N-dealkylation sites (tertiary alicyclic amines) is 1. The topological polar surface area (TPSA) is 93.0 Å². The van der Waals surface area contributed by atoms with Crippen LogP contribution in [-0.2, 0) is 9.53 Å². The summed E-state index contributed by atoms with van der Waals surface area (Å²) in [6.45, 7) is 2.79. The first-order valence-electron chi connectivity index (χ1n) is 6.24. The van der Waals surface area contributed by atoms with Gasteiger partial charge in [-0.2, -0.15) is 0 Å². The van der Waals surface area contributed by atoms with Gasteiger partial charge in [0.25, 0.3) is 11.8 Å². The molecule has 1 aromatic rings. The van der Waals surface area contributed by atoms with Crippen molar-refractivity contribution in [2.24, 2.45) is 5.92 Å². The number of imide groups is 1. The number of carbonyl (C=O) groups is 3. The van der Waals surface area contributed by atoms with Crippen molar-refractivity contribution in [2.45, 2.75) is 6.92 Å². The highest BCUT2D eigenvalue weighted by Crippen LogP contribution is 2.22. The molecule has 2 saturated heterocycles. The van der Waals surface area contributed by atoms with E-state index >= 15 is 0 Å². The van der Waals surface area contributed by atoms with Gasteiger partial charge in [0, 0.05) is 25.6 Å². The molecule has 2 aliphatic heterocycles. The number of cyclic esters (lactones) is 1. The van der Waals surface area contributed by atoms with Crippen molar-refractivity contribution in [1.29, 1.82) is 0 Å². The molecule has 2 aliphatic rings. The SMILES string of the molecule is Cc1oncc1C(=O)N1CC(CN2C(=O)COC2=O)C1. The van der Waals surface area contributed by atoms with E-state index in [4.69, 9.17) is 4.52 Å². The minimum atomic E-state index is -0.602. The highest BCUT2D eigenvalue weighted by Gasteiger charge is 2.38. The predicted octanol–water partition coefficient (Wildman–Crippen LogP) is 0.0338. The van der Waals surface area contributed by atoms with Crippen LogP contribution in [0.3, 0.4) is 0 Å². The molecule has 0 N–H and O–H groups in total. The monoisotopic (exact) mass is 279 g/mol. The lowest BCUT2D eigenvalue weighted by atomic mass is 9.98. The maximum absolute atomic E-state index is 12.1. The van der Waals surface area contributed by atoms with Crippen molar-refractivity contribution in [2.75, 3.05) is 26.2 Å². The van der Waals surface area contributed by atoms with Crippen LogP contribution in [0.15, 0.2) is 10.7 Å². The number of carbonyl (C=O) groups excluding carboxylic acids is 3. The zero-order valence-electron chi connectivity index (χ0n) is 10.9. The van der Waals surface area contributed by atoms with Gasteiger partial charge in [0.05, 0.1) is 6.20 Å². The zero-order valence-corrected chi connectivity index (χ0v) is 10.9. The quantitative estimate of drug-likeness (QED) is 0.775. The highest BCUT2D eigenvalue weighted by atomic mass is 16.6. The third kappa shape index (κ3) is 2.02. The molecule has 0 radical (unpaired) electrons. The van der Waals surface area contributed by atoms with Crippen LogP contribution in [0.1, 0.15) is 16.1 Å². The molecule has 0 atom stereocenters. The van der Waals surface area contributed by atoms with Crippen LogP contribution in [0.4, 0.5) is 4.79 Å². The second-order valence-corrected chi connectivity index (χ2v) is 4.93. The Hall–Kier alpha value is -2.38. The van der Waals surface area contributed by atoms with Gasteiger partial charge in [-0.25, -0.2) is 9.69 Å². The lowest BCUT2D eigenvalue weighted by Gasteiger charge is -2.40. The molecule has 3 amide bonds. The minimum absolute atomic E-state index is 0.0914. The molecule has 0 unspecified atom stereocenters. The van der Waals surface area contributed by atoms with Gasteiger partial charge in [-0.3, -0.25) is 9.59 Å². The van der Waals surface area contributed by atoms with Crippen LogP contribution in [0.5, 0.6) is 0 Å². The number of aryl methyl sites for hydroxylation is 1. The van der Waals surface area contributed by atoms with Gasteiger partial charge in [0.2, 0.25) is 0 Å². The van der Waals surface area contributed by atoms with Crippen molar-refractivity contribution in [3.8, 4) is 0 Å². The Morgan fingerprint density at radius 2 is 2.20 bits per heavy atom. The van der Waals surface area contributed by atoms with Gasteiger partial charge in [0.1, 0.15) is 11.3 Å². The fourth-order valence-corrected chi connectivity index (χ4v) is 2.34. The van der Waals surface area contributed by atoms with E-state index in [0.29, 0.717) is 31.0 Å². The minimum Gasteiger partial charge on any atom is -0.439 e. The van der Waals surface area contributed by atoms with E-state index in [0.717, 1.165) is 4.90 Å². The number of aromatic nitrogens is 1. The normalized spacial score (nSPS) is 19.2. The summed E-state index contributed by atoms with van der Waals surface area (Å²) in [6.07, 6.45) is 0.793. The summed E-state index contributed by atoms with van der Waals surface area (Å²) in [4.78, 5) is 37.5. The summed E-state index contributed by atoms with van der Waals surface area (Å²) in [6, 6.07) is 0. The number of ether oxygens (including phenoxy) is 1. The molecular weight excluding hydrogens is 266 g/mol. The number of hydrogen-bond donors (Lipinski definition) is 0. The molecule has 8 nitrogen and oxygen atoms in total. The molecule has 2 fully saturated rings. The predicted molar refractivity (Wildman–Crippen MR) is 63.7 cm³/mol. The third-order valence-electron chi connectivity index (χ3n) is 3.51. The maximum Gasteiger partial charge on any atom is 0.417 e. The number of rotatable bonds is 3. The Balaban J connectivity index is 1.54. The zero-order chi connectivity index (χ0) is 14.3. The average Bonchev–Trinajstić information content (AvgIpc) is 2.91. The van der Waals surface area contributed by atoms with Crippen LogP contribution >= 0.6 is 0 Å². The smallest absolute Gasteiger partial charge is 0.417 e. The van der Waals surface area contributed by atoms with E-state index in [2.05, 4.69) is 9.89 Å². The summed E-state index contributed by atoms with van der Waals surface area (Å²) < 4.78 is 9.49. The van der Waals surface area contributed by atoms with Crippen molar-refractivity contribution >= 4 is 17.9 Å². The Labute approximate surface area is 114 Å². The molecule has 106 valence electrons. The van der Waals surface area contributed by atoms with Crippen molar-refractivity contribution in [3.05, 3.63) is 17.5 Å². The number of amides is 3. The van der Waals surface area contributed by atoms with Crippen molar-refractivity contribution in [3.63, 3.8) is 0 Å². The van der Waals surface area contributed by atoms with E-state index < -0.39 is 6.09 Å². The van der Waals surface area contributed by atoms with Crippen LogP contribution < -0.4 is 0 Å². The van der Waals surface area contributed by atoms with Crippen molar-refractivity contribution in [1.82, 2.24) is 15.0 Å². The second-order valence-electron chi connectivity index (χ2n) is 4.93. The van der Waals surface area contributed by atoms with Crippen LogP contribution in [-0.4, -0.2) is 59.1 Å². The standard InChI is InChI=1S/C12H13N3O5/c1-7-9(2-13-20-7)11(17)14-3-8(4-14)5-15-10(16)6-19-12(15)18/h2,8H,3-6H2,1H3. The molecule has 8 heteroatoms. The molecule has 0 bridgehead atoms. The van der Waals surface area contributed by atoms with E-state index in [-0.39, 0.29) is 24.3 Å². The van der Waals surface area contributed by atoms with Gasteiger partial charge < -0.3 is 14.2 Å². The van der Waals surface area contributed by atoms with Gasteiger partial charge >= 0.3 is 6.09 Å². The Kier molecular flexibility index (Phi) is 2.92.